The Balaban J connectivity index is 1.54. The Morgan fingerprint density at radius 1 is 0.926 bits per heavy atom. The quantitative estimate of drug-likeness (QED) is 0.500. The first kappa shape index (κ1) is 19.5. The van der Waals surface area contributed by atoms with E-state index in [1.807, 2.05) is 0 Å². The van der Waals surface area contributed by atoms with Gasteiger partial charge in [0.15, 0.2) is 0 Å². The molecule has 0 heteroatoms. The maximum absolute atomic E-state index is 2.67. The fraction of sp³-hybridized carbons (Fsp3) is 0.778. The van der Waals surface area contributed by atoms with Crippen molar-refractivity contribution in [3.63, 3.8) is 0 Å². The Kier molecular flexibility index (Phi) is 5.47. The van der Waals surface area contributed by atoms with Crippen molar-refractivity contribution >= 4 is 0 Å². The highest BCUT2D eigenvalue weighted by Crippen LogP contribution is 2.61. The third-order valence-electron chi connectivity index (χ3n) is 9.29. The molecule has 0 aliphatic heterocycles. The molecule has 3 aliphatic carbocycles. The molecule has 5 atom stereocenters. The lowest BCUT2D eigenvalue weighted by atomic mass is 9.59. The topological polar surface area (TPSA) is 0 Å². The third-order valence-corrected chi connectivity index (χ3v) is 9.29. The molecule has 0 spiro atoms. The minimum Gasteiger partial charge on any atom is -0.0625 e. The molecule has 4 rings (SSSR count). The largest absolute Gasteiger partial charge is 0.0625 e. The van der Waals surface area contributed by atoms with E-state index in [-0.39, 0.29) is 0 Å². The smallest absolute Gasteiger partial charge is 0.0102 e. The van der Waals surface area contributed by atoms with Gasteiger partial charge >= 0.3 is 0 Å². The van der Waals surface area contributed by atoms with Gasteiger partial charge in [-0.3, -0.25) is 0 Å². The summed E-state index contributed by atoms with van der Waals surface area (Å²) in [4.78, 5) is 0. The summed E-state index contributed by atoms with van der Waals surface area (Å²) in [5.74, 6) is 4.36. The number of hydrogen-bond donors (Lipinski definition) is 0. The van der Waals surface area contributed by atoms with Crippen LogP contribution >= 0.6 is 0 Å². The minimum absolute atomic E-state index is 0.552. The van der Waals surface area contributed by atoms with Crippen molar-refractivity contribution < 1.29 is 0 Å². The molecule has 0 nitrogen and oxygen atoms in total. The van der Waals surface area contributed by atoms with Crippen LogP contribution < -0.4 is 0 Å². The van der Waals surface area contributed by atoms with Gasteiger partial charge in [-0.25, -0.2) is 0 Å². The third kappa shape index (κ3) is 3.40. The highest BCUT2D eigenvalue weighted by atomic mass is 14.5. The van der Waals surface area contributed by atoms with Crippen LogP contribution in [0.1, 0.15) is 108 Å². The fourth-order valence-electron chi connectivity index (χ4n) is 7.07. The minimum atomic E-state index is 0.552. The molecule has 0 aromatic heterocycles. The van der Waals surface area contributed by atoms with Crippen LogP contribution in [0.3, 0.4) is 0 Å². The molecule has 1 saturated carbocycles. The summed E-state index contributed by atoms with van der Waals surface area (Å²) in [6.07, 6.45) is 14.1. The molecule has 3 unspecified atom stereocenters. The monoisotopic (exact) mass is 366 g/mol. The molecule has 0 N–H and O–H groups in total. The highest BCUT2D eigenvalue weighted by molar-refractivity contribution is 5.47. The molecule has 1 aromatic carbocycles. The Labute approximate surface area is 168 Å². The second-order valence-electron chi connectivity index (χ2n) is 11.0. The van der Waals surface area contributed by atoms with Crippen molar-refractivity contribution in [3.8, 4) is 0 Å². The van der Waals surface area contributed by atoms with Crippen LogP contribution in [0.25, 0.3) is 0 Å². The summed E-state index contributed by atoms with van der Waals surface area (Å²) in [5.41, 5.74) is 7.60. The first-order valence-corrected chi connectivity index (χ1v) is 12.0. The van der Waals surface area contributed by atoms with Gasteiger partial charge in [0, 0.05) is 0 Å². The molecule has 3 aliphatic rings. The van der Waals surface area contributed by atoms with Gasteiger partial charge in [0.2, 0.25) is 0 Å². The van der Waals surface area contributed by atoms with Crippen molar-refractivity contribution in [1.29, 1.82) is 0 Å². The summed E-state index contributed by atoms with van der Waals surface area (Å²) < 4.78 is 0. The summed E-state index contributed by atoms with van der Waals surface area (Å²) in [5, 5.41) is 0. The van der Waals surface area contributed by atoms with E-state index in [4.69, 9.17) is 0 Å². The van der Waals surface area contributed by atoms with Crippen LogP contribution in [0, 0.1) is 29.1 Å². The standard InChI is InChI=1S/C27H42/c1-18(2)19(3)10-11-20(4)25-14-15-26-24-13-12-21-8-6-7-9-22(21)23(24)16-17-27(25,26)5/h12-13,18-20,25-26H,6-11,14-17H2,1-5H3/t19-,20+,25?,26?,27?/m0/s1. The lowest BCUT2D eigenvalue weighted by Crippen LogP contribution is -2.36. The second kappa shape index (κ2) is 7.57. The first-order valence-electron chi connectivity index (χ1n) is 12.0. The highest BCUT2D eigenvalue weighted by Gasteiger charge is 2.51. The molecular formula is C27H42. The Morgan fingerprint density at radius 3 is 2.48 bits per heavy atom. The summed E-state index contributed by atoms with van der Waals surface area (Å²) in [6, 6.07) is 5.08. The second-order valence-corrected chi connectivity index (χ2v) is 11.0. The van der Waals surface area contributed by atoms with Gasteiger partial charge in [0.25, 0.3) is 0 Å². The van der Waals surface area contributed by atoms with Crippen molar-refractivity contribution in [2.75, 3.05) is 0 Å². The normalized spacial score (nSPS) is 31.9. The van der Waals surface area contributed by atoms with E-state index in [0.29, 0.717) is 5.41 Å². The fourth-order valence-corrected chi connectivity index (χ4v) is 7.07. The molecule has 0 saturated heterocycles. The van der Waals surface area contributed by atoms with Gasteiger partial charge in [0.1, 0.15) is 0 Å². The van der Waals surface area contributed by atoms with Crippen LogP contribution in [-0.2, 0) is 19.3 Å². The van der Waals surface area contributed by atoms with Gasteiger partial charge in [0.05, 0.1) is 0 Å². The van der Waals surface area contributed by atoms with Crippen LogP contribution in [0.15, 0.2) is 12.1 Å². The number of rotatable bonds is 5. The van der Waals surface area contributed by atoms with Crippen LogP contribution in [0.5, 0.6) is 0 Å². The van der Waals surface area contributed by atoms with Gasteiger partial charge in [-0.1, -0.05) is 59.6 Å². The molecule has 1 aromatic rings. The zero-order valence-corrected chi connectivity index (χ0v) is 18.6. The molecular weight excluding hydrogens is 324 g/mol. The Hall–Kier alpha value is -0.780. The maximum atomic E-state index is 2.67. The van der Waals surface area contributed by atoms with E-state index >= 15 is 0 Å². The molecule has 0 heterocycles. The van der Waals surface area contributed by atoms with Gasteiger partial charge < -0.3 is 0 Å². The van der Waals surface area contributed by atoms with Gasteiger partial charge in [-0.05, 0) is 109 Å². The zero-order chi connectivity index (χ0) is 19.2. The van der Waals surface area contributed by atoms with Gasteiger partial charge in [-0.2, -0.15) is 0 Å². The summed E-state index contributed by atoms with van der Waals surface area (Å²) >= 11 is 0. The molecule has 150 valence electrons. The molecule has 0 bridgehead atoms. The van der Waals surface area contributed by atoms with Crippen LogP contribution in [0.2, 0.25) is 0 Å². The SMILES string of the molecule is CC(C)[C@@H](C)CC[C@@H](C)C1CCC2c3ccc4c(c3CCC21C)CCCC4. The van der Waals surface area contributed by atoms with Crippen molar-refractivity contribution in [2.24, 2.45) is 29.1 Å². The molecule has 0 amide bonds. The van der Waals surface area contributed by atoms with Crippen LogP contribution in [0.4, 0.5) is 0 Å². The predicted octanol–water partition coefficient (Wildman–Crippen LogP) is 7.72. The maximum Gasteiger partial charge on any atom is -0.0102 e. The van der Waals surface area contributed by atoms with E-state index in [0.717, 1.165) is 29.6 Å². The van der Waals surface area contributed by atoms with E-state index < -0.39 is 0 Å². The first-order chi connectivity index (χ1) is 12.9. The van der Waals surface area contributed by atoms with Crippen molar-refractivity contribution in [3.05, 3.63) is 34.4 Å². The number of fused-ring (bicyclic) bond motifs is 5. The average molecular weight is 367 g/mol. The molecule has 27 heavy (non-hydrogen) atoms. The lowest BCUT2D eigenvalue weighted by molar-refractivity contribution is 0.115. The predicted molar refractivity (Wildman–Crippen MR) is 117 cm³/mol. The van der Waals surface area contributed by atoms with Gasteiger partial charge in [-0.15, -0.1) is 0 Å². The van der Waals surface area contributed by atoms with E-state index in [1.54, 1.807) is 22.3 Å². The van der Waals surface area contributed by atoms with E-state index in [2.05, 4.69) is 46.8 Å². The molecule has 1 fully saturated rings. The van der Waals surface area contributed by atoms with Crippen molar-refractivity contribution in [2.45, 2.75) is 105 Å². The Morgan fingerprint density at radius 2 is 1.70 bits per heavy atom. The zero-order valence-electron chi connectivity index (χ0n) is 18.6. The number of aryl methyl sites for hydroxylation is 1. The van der Waals surface area contributed by atoms with Crippen LogP contribution in [-0.4, -0.2) is 0 Å². The number of benzene rings is 1. The van der Waals surface area contributed by atoms with E-state index in [9.17, 15) is 0 Å². The molecule has 0 radical (unpaired) electrons. The van der Waals surface area contributed by atoms with E-state index in [1.165, 1.54) is 64.2 Å². The van der Waals surface area contributed by atoms with Crippen molar-refractivity contribution in [1.82, 2.24) is 0 Å². The summed E-state index contributed by atoms with van der Waals surface area (Å²) in [7, 11) is 0. The lowest BCUT2D eigenvalue weighted by Gasteiger charge is -2.45. The average Bonchev–Trinajstić information content (AvgIpc) is 3.02. The summed E-state index contributed by atoms with van der Waals surface area (Å²) in [6.45, 7) is 12.5. The Bertz CT molecular complexity index is 669. The number of hydrogen-bond acceptors (Lipinski definition) is 0.